The molecule has 1 aromatic heterocycles. The third kappa shape index (κ3) is 1.57. The molecule has 2 fully saturated rings. The van der Waals surface area contributed by atoms with Crippen molar-refractivity contribution in [2.24, 2.45) is 0 Å². The lowest BCUT2D eigenvalue weighted by Crippen LogP contribution is -2.40. The van der Waals surface area contributed by atoms with Gasteiger partial charge in [0.15, 0.2) is 0 Å². The molecule has 14 heavy (non-hydrogen) atoms. The van der Waals surface area contributed by atoms with Crippen LogP contribution in [0.4, 0.5) is 5.82 Å². The second-order valence-corrected chi connectivity index (χ2v) is 3.95. The summed E-state index contributed by atoms with van der Waals surface area (Å²) in [5.74, 6) is 2.56. The summed E-state index contributed by atoms with van der Waals surface area (Å²) in [4.78, 5) is 8.75. The normalized spacial score (nSPS) is 21.7. The van der Waals surface area contributed by atoms with E-state index in [1.807, 2.05) is 12.3 Å². The van der Waals surface area contributed by atoms with Crippen molar-refractivity contribution in [1.29, 1.82) is 0 Å². The fraction of sp³-hybridized carbons (Fsp3) is 0.600. The average molecular weight is 191 g/mol. The Hall–Kier alpha value is -1.16. The van der Waals surface area contributed by atoms with Crippen LogP contribution in [-0.4, -0.2) is 29.2 Å². The minimum absolute atomic E-state index is 0.442. The van der Waals surface area contributed by atoms with E-state index >= 15 is 0 Å². The molecule has 1 aliphatic heterocycles. The predicted molar refractivity (Wildman–Crippen MR) is 52.2 cm³/mol. The summed E-state index contributed by atoms with van der Waals surface area (Å²) < 4.78 is 5.09. The summed E-state index contributed by atoms with van der Waals surface area (Å²) >= 11 is 0. The molecule has 1 aromatic rings. The predicted octanol–water partition coefficient (Wildman–Crippen LogP) is 1.16. The van der Waals surface area contributed by atoms with E-state index in [-0.39, 0.29) is 0 Å². The minimum atomic E-state index is 0.442. The lowest BCUT2D eigenvalue weighted by atomic mass is 10.2. The number of hydrogen-bond acceptors (Lipinski definition) is 4. The number of rotatable bonds is 3. The van der Waals surface area contributed by atoms with Gasteiger partial charge in [-0.05, 0) is 18.9 Å². The van der Waals surface area contributed by atoms with Crippen LogP contribution < -0.4 is 5.32 Å². The van der Waals surface area contributed by atoms with Crippen LogP contribution >= 0.6 is 0 Å². The Morgan fingerprint density at radius 1 is 1.36 bits per heavy atom. The van der Waals surface area contributed by atoms with E-state index in [9.17, 15) is 0 Å². The van der Waals surface area contributed by atoms with E-state index in [0.29, 0.717) is 12.0 Å². The minimum Gasteiger partial charge on any atom is -0.377 e. The fourth-order valence-electron chi connectivity index (χ4n) is 1.52. The Kier molecular flexibility index (Phi) is 1.87. The second-order valence-electron chi connectivity index (χ2n) is 3.95. The first-order valence-corrected chi connectivity index (χ1v) is 5.09. The molecule has 1 aliphatic carbocycles. The van der Waals surface area contributed by atoms with E-state index < -0.39 is 0 Å². The molecule has 2 aliphatic rings. The summed E-state index contributed by atoms with van der Waals surface area (Å²) in [6.07, 6.45) is 4.33. The van der Waals surface area contributed by atoms with Crippen LogP contribution in [0.15, 0.2) is 12.3 Å². The molecule has 3 rings (SSSR count). The first-order valence-electron chi connectivity index (χ1n) is 5.09. The molecule has 0 aromatic carbocycles. The summed E-state index contributed by atoms with van der Waals surface area (Å²) in [7, 11) is 0. The van der Waals surface area contributed by atoms with Gasteiger partial charge in [-0.1, -0.05) is 0 Å². The van der Waals surface area contributed by atoms with Crippen LogP contribution in [0, 0.1) is 0 Å². The molecule has 0 radical (unpaired) electrons. The van der Waals surface area contributed by atoms with Crippen LogP contribution in [-0.2, 0) is 4.74 Å². The molecule has 0 atom stereocenters. The van der Waals surface area contributed by atoms with Gasteiger partial charge in [-0.25, -0.2) is 9.97 Å². The zero-order valence-corrected chi connectivity index (χ0v) is 7.94. The monoisotopic (exact) mass is 191 g/mol. The molecule has 1 N–H and O–H groups in total. The van der Waals surface area contributed by atoms with Gasteiger partial charge in [0.05, 0.1) is 19.3 Å². The van der Waals surface area contributed by atoms with Gasteiger partial charge in [-0.3, -0.25) is 0 Å². The van der Waals surface area contributed by atoms with E-state index in [0.717, 1.165) is 24.9 Å². The molecule has 4 heteroatoms. The molecule has 0 unspecified atom stereocenters. The molecule has 1 saturated heterocycles. The Morgan fingerprint density at radius 3 is 2.86 bits per heavy atom. The Labute approximate surface area is 82.7 Å². The highest BCUT2D eigenvalue weighted by Crippen LogP contribution is 2.38. The smallest absolute Gasteiger partial charge is 0.133 e. The maximum Gasteiger partial charge on any atom is 0.133 e. The molecule has 0 bridgehead atoms. The number of anilines is 1. The van der Waals surface area contributed by atoms with Crippen molar-refractivity contribution in [1.82, 2.24) is 9.97 Å². The summed E-state index contributed by atoms with van der Waals surface area (Å²) in [6, 6.07) is 2.36. The number of ether oxygens (including phenoxy) is 1. The van der Waals surface area contributed by atoms with Crippen molar-refractivity contribution < 1.29 is 4.74 Å². The molecule has 0 spiro atoms. The summed E-state index contributed by atoms with van der Waals surface area (Å²) in [6.45, 7) is 1.59. The first-order chi connectivity index (χ1) is 6.92. The quantitative estimate of drug-likeness (QED) is 0.779. The van der Waals surface area contributed by atoms with Gasteiger partial charge in [-0.15, -0.1) is 0 Å². The largest absolute Gasteiger partial charge is 0.377 e. The van der Waals surface area contributed by atoms with Gasteiger partial charge in [0.1, 0.15) is 11.6 Å². The lowest BCUT2D eigenvalue weighted by molar-refractivity contribution is 0.0209. The van der Waals surface area contributed by atoms with E-state index in [4.69, 9.17) is 4.74 Å². The standard InChI is InChI=1S/C10H13N3O/c1-2-7(1)10-11-4-3-9(13-10)12-8-5-14-6-8/h3-4,7-8H,1-2,5-6H2,(H,11,12,13). The Balaban J connectivity index is 1.72. The molecular formula is C10H13N3O. The number of aromatic nitrogens is 2. The van der Waals surface area contributed by atoms with E-state index in [2.05, 4.69) is 15.3 Å². The summed E-state index contributed by atoms with van der Waals surface area (Å²) in [5.41, 5.74) is 0. The number of hydrogen-bond donors (Lipinski definition) is 1. The molecule has 4 nitrogen and oxygen atoms in total. The highest BCUT2D eigenvalue weighted by atomic mass is 16.5. The molecule has 2 heterocycles. The van der Waals surface area contributed by atoms with Crippen LogP contribution in [0.2, 0.25) is 0 Å². The van der Waals surface area contributed by atoms with Crippen molar-refractivity contribution >= 4 is 5.82 Å². The second kappa shape index (κ2) is 3.20. The third-order valence-electron chi connectivity index (χ3n) is 2.61. The van der Waals surface area contributed by atoms with Crippen LogP contribution in [0.1, 0.15) is 24.6 Å². The van der Waals surface area contributed by atoms with Crippen molar-refractivity contribution in [3.8, 4) is 0 Å². The maximum absolute atomic E-state index is 5.09. The number of nitrogens with one attached hydrogen (secondary N) is 1. The van der Waals surface area contributed by atoms with Crippen molar-refractivity contribution in [3.05, 3.63) is 18.1 Å². The van der Waals surface area contributed by atoms with Crippen molar-refractivity contribution in [2.45, 2.75) is 24.8 Å². The van der Waals surface area contributed by atoms with Crippen LogP contribution in [0.5, 0.6) is 0 Å². The SMILES string of the molecule is c1cc(NC2COC2)nc(C2CC2)n1. The maximum atomic E-state index is 5.09. The fourth-order valence-corrected chi connectivity index (χ4v) is 1.52. The van der Waals surface area contributed by atoms with Gasteiger partial charge in [0.2, 0.25) is 0 Å². The Bertz CT molecular complexity index is 334. The van der Waals surface area contributed by atoms with Gasteiger partial charge < -0.3 is 10.1 Å². The molecule has 74 valence electrons. The molecule has 0 amide bonds. The first kappa shape index (κ1) is 8.17. The van der Waals surface area contributed by atoms with Gasteiger partial charge in [0.25, 0.3) is 0 Å². The highest BCUT2D eigenvalue weighted by Gasteiger charge is 2.27. The lowest BCUT2D eigenvalue weighted by Gasteiger charge is -2.27. The topological polar surface area (TPSA) is 47.0 Å². The van der Waals surface area contributed by atoms with E-state index in [1.54, 1.807) is 0 Å². The third-order valence-corrected chi connectivity index (χ3v) is 2.61. The van der Waals surface area contributed by atoms with Gasteiger partial charge >= 0.3 is 0 Å². The molecular weight excluding hydrogens is 178 g/mol. The zero-order chi connectivity index (χ0) is 9.38. The van der Waals surface area contributed by atoms with Crippen molar-refractivity contribution in [2.75, 3.05) is 18.5 Å². The van der Waals surface area contributed by atoms with Gasteiger partial charge in [-0.2, -0.15) is 0 Å². The Morgan fingerprint density at radius 2 is 2.21 bits per heavy atom. The van der Waals surface area contributed by atoms with Crippen LogP contribution in [0.3, 0.4) is 0 Å². The summed E-state index contributed by atoms with van der Waals surface area (Å²) in [5, 5.41) is 3.33. The van der Waals surface area contributed by atoms with Gasteiger partial charge in [0, 0.05) is 12.1 Å². The zero-order valence-electron chi connectivity index (χ0n) is 7.94. The number of nitrogens with zero attached hydrogens (tertiary/aromatic N) is 2. The van der Waals surface area contributed by atoms with Crippen molar-refractivity contribution in [3.63, 3.8) is 0 Å². The highest BCUT2D eigenvalue weighted by molar-refractivity contribution is 5.35. The van der Waals surface area contributed by atoms with Crippen LogP contribution in [0.25, 0.3) is 0 Å². The van der Waals surface area contributed by atoms with E-state index in [1.165, 1.54) is 12.8 Å². The average Bonchev–Trinajstić information content (AvgIpc) is 2.95. The molecule has 1 saturated carbocycles.